The van der Waals surface area contributed by atoms with Crippen LogP contribution in [0.25, 0.3) is 11.3 Å². The summed E-state index contributed by atoms with van der Waals surface area (Å²) in [6.45, 7) is 2.10. The molecule has 2 aromatic heterocycles. The summed E-state index contributed by atoms with van der Waals surface area (Å²) >= 11 is 0. The molecule has 2 aliphatic heterocycles. The number of carbonyl (C=O) groups is 1. The van der Waals surface area contributed by atoms with Gasteiger partial charge in [-0.3, -0.25) is 14.3 Å². The number of likely N-dealkylation sites (tertiary alicyclic amines) is 1. The second-order valence-corrected chi connectivity index (χ2v) is 6.76. The van der Waals surface area contributed by atoms with E-state index < -0.39 is 0 Å². The number of fused-ring (bicyclic) bond motifs is 1. The highest BCUT2D eigenvalue weighted by Crippen LogP contribution is 2.34. The maximum Gasteiger partial charge on any atom is 0.409 e. The summed E-state index contributed by atoms with van der Waals surface area (Å²) in [7, 11) is 3.14. The monoisotopic (exact) mass is 355 g/mol. The van der Waals surface area contributed by atoms with Gasteiger partial charge in [0.15, 0.2) is 0 Å². The molecule has 2 saturated heterocycles. The molecule has 0 aliphatic carbocycles. The number of amides is 1. The van der Waals surface area contributed by atoms with Crippen LogP contribution in [0.5, 0.6) is 0 Å². The molecule has 0 radical (unpaired) electrons. The van der Waals surface area contributed by atoms with E-state index in [4.69, 9.17) is 9.72 Å². The number of methoxy groups -OCH3 is 1. The van der Waals surface area contributed by atoms with Crippen molar-refractivity contribution < 1.29 is 9.53 Å². The fraction of sp³-hybridized carbons (Fsp3) is 0.444. The first-order valence-electron chi connectivity index (χ1n) is 8.66. The third-order valence-electron chi connectivity index (χ3n) is 5.32. The largest absolute Gasteiger partial charge is 0.453 e. The SMILES string of the molecule is COC(=O)N1C[C@H]2CCN(c3nc(-c4ccncc4)cc(=O)n3C)[C@H]2C1. The van der Waals surface area contributed by atoms with Crippen LogP contribution in [0.4, 0.5) is 10.7 Å². The molecule has 0 aromatic carbocycles. The lowest BCUT2D eigenvalue weighted by Crippen LogP contribution is -2.40. The van der Waals surface area contributed by atoms with Crippen LogP contribution in [-0.4, -0.2) is 58.3 Å². The second-order valence-electron chi connectivity index (χ2n) is 6.76. The molecule has 1 amide bonds. The van der Waals surface area contributed by atoms with Gasteiger partial charge in [-0.1, -0.05) is 0 Å². The lowest BCUT2D eigenvalue weighted by Gasteiger charge is -2.27. The maximum atomic E-state index is 12.5. The Hall–Kier alpha value is -2.90. The van der Waals surface area contributed by atoms with E-state index in [1.807, 2.05) is 12.1 Å². The lowest BCUT2D eigenvalue weighted by molar-refractivity contribution is 0.130. The molecule has 2 atom stereocenters. The van der Waals surface area contributed by atoms with Gasteiger partial charge in [0, 0.05) is 56.6 Å². The Morgan fingerprint density at radius 2 is 2.04 bits per heavy atom. The molecule has 8 nitrogen and oxygen atoms in total. The summed E-state index contributed by atoms with van der Waals surface area (Å²) in [6.07, 6.45) is 4.04. The molecule has 0 unspecified atom stereocenters. The number of pyridine rings is 1. The van der Waals surface area contributed by atoms with Gasteiger partial charge in [0.1, 0.15) is 0 Å². The zero-order valence-electron chi connectivity index (χ0n) is 14.8. The molecule has 4 rings (SSSR count). The van der Waals surface area contributed by atoms with Gasteiger partial charge in [-0.05, 0) is 18.6 Å². The quantitative estimate of drug-likeness (QED) is 0.803. The number of nitrogens with zero attached hydrogens (tertiary/aromatic N) is 5. The third kappa shape index (κ3) is 2.71. The van der Waals surface area contributed by atoms with E-state index in [1.54, 1.807) is 35.0 Å². The van der Waals surface area contributed by atoms with Gasteiger partial charge < -0.3 is 14.5 Å². The average Bonchev–Trinajstić information content (AvgIpc) is 3.25. The highest BCUT2D eigenvalue weighted by Gasteiger charge is 2.44. The molecule has 8 heteroatoms. The minimum atomic E-state index is -0.299. The first-order valence-corrected chi connectivity index (χ1v) is 8.66. The van der Waals surface area contributed by atoms with Crippen LogP contribution in [0.2, 0.25) is 0 Å². The van der Waals surface area contributed by atoms with Crippen LogP contribution in [0.15, 0.2) is 35.4 Å². The van der Waals surface area contributed by atoms with Crippen LogP contribution in [0.1, 0.15) is 6.42 Å². The van der Waals surface area contributed by atoms with Crippen molar-refractivity contribution in [3.05, 3.63) is 40.9 Å². The molecule has 2 aliphatic rings. The van der Waals surface area contributed by atoms with Crippen LogP contribution in [-0.2, 0) is 11.8 Å². The van der Waals surface area contributed by atoms with E-state index in [0.717, 1.165) is 18.5 Å². The van der Waals surface area contributed by atoms with Crippen LogP contribution in [0.3, 0.4) is 0 Å². The first kappa shape index (κ1) is 16.6. The molecule has 26 heavy (non-hydrogen) atoms. The molecule has 136 valence electrons. The Morgan fingerprint density at radius 1 is 1.27 bits per heavy atom. The molecule has 2 fully saturated rings. The molecule has 4 heterocycles. The summed E-state index contributed by atoms with van der Waals surface area (Å²) in [5.74, 6) is 1.01. The van der Waals surface area contributed by atoms with E-state index in [9.17, 15) is 9.59 Å². The summed E-state index contributed by atoms with van der Waals surface area (Å²) in [6, 6.07) is 5.38. The van der Waals surface area contributed by atoms with Gasteiger partial charge in [0.2, 0.25) is 5.95 Å². The zero-order chi connectivity index (χ0) is 18.3. The fourth-order valence-corrected chi connectivity index (χ4v) is 3.94. The van der Waals surface area contributed by atoms with Gasteiger partial charge >= 0.3 is 6.09 Å². The van der Waals surface area contributed by atoms with Crippen LogP contribution >= 0.6 is 0 Å². The minimum absolute atomic E-state index is 0.104. The van der Waals surface area contributed by atoms with Gasteiger partial charge in [-0.2, -0.15) is 0 Å². The van der Waals surface area contributed by atoms with Crippen molar-refractivity contribution in [2.24, 2.45) is 13.0 Å². The summed E-state index contributed by atoms with van der Waals surface area (Å²) in [5.41, 5.74) is 1.39. The number of hydrogen-bond acceptors (Lipinski definition) is 6. The number of ether oxygens (including phenoxy) is 1. The van der Waals surface area contributed by atoms with Crippen molar-refractivity contribution in [2.75, 3.05) is 31.6 Å². The lowest BCUT2D eigenvalue weighted by atomic mass is 10.1. The Bertz CT molecular complexity index is 882. The molecule has 0 N–H and O–H groups in total. The Labute approximate surface area is 151 Å². The Balaban J connectivity index is 1.69. The number of anilines is 1. The molecular weight excluding hydrogens is 334 g/mol. The van der Waals surface area contributed by atoms with Gasteiger partial charge in [-0.15, -0.1) is 0 Å². The topological polar surface area (TPSA) is 80.6 Å². The van der Waals surface area contributed by atoms with Crippen LogP contribution in [0, 0.1) is 5.92 Å². The first-order chi connectivity index (χ1) is 12.6. The molecule has 0 saturated carbocycles. The van der Waals surface area contributed by atoms with E-state index in [2.05, 4.69) is 9.88 Å². The van der Waals surface area contributed by atoms with E-state index in [-0.39, 0.29) is 17.7 Å². The predicted molar refractivity (Wildman–Crippen MR) is 95.9 cm³/mol. The average molecular weight is 355 g/mol. The number of hydrogen-bond donors (Lipinski definition) is 0. The number of aromatic nitrogens is 3. The van der Waals surface area contributed by atoms with Crippen molar-refractivity contribution in [2.45, 2.75) is 12.5 Å². The van der Waals surface area contributed by atoms with E-state index in [1.165, 1.54) is 7.11 Å². The van der Waals surface area contributed by atoms with Crippen LogP contribution < -0.4 is 10.5 Å². The number of carbonyl (C=O) groups excluding carboxylic acids is 1. The highest BCUT2D eigenvalue weighted by molar-refractivity contribution is 5.68. The summed E-state index contributed by atoms with van der Waals surface area (Å²) < 4.78 is 6.43. The number of rotatable bonds is 2. The summed E-state index contributed by atoms with van der Waals surface area (Å²) in [5, 5.41) is 0. The third-order valence-corrected chi connectivity index (χ3v) is 5.32. The predicted octanol–water partition coefficient (Wildman–Crippen LogP) is 1.12. The van der Waals surface area contributed by atoms with Crippen molar-refractivity contribution >= 4 is 12.0 Å². The summed E-state index contributed by atoms with van der Waals surface area (Å²) in [4.78, 5) is 37.0. The molecule has 0 bridgehead atoms. The maximum absolute atomic E-state index is 12.5. The Morgan fingerprint density at radius 3 is 2.77 bits per heavy atom. The molecule has 0 spiro atoms. The Kier molecular flexibility index (Phi) is 4.10. The highest BCUT2D eigenvalue weighted by atomic mass is 16.5. The second kappa shape index (κ2) is 6.44. The van der Waals surface area contributed by atoms with Crippen molar-refractivity contribution in [3.63, 3.8) is 0 Å². The zero-order valence-corrected chi connectivity index (χ0v) is 14.8. The van der Waals surface area contributed by atoms with Crippen molar-refractivity contribution in [3.8, 4) is 11.3 Å². The minimum Gasteiger partial charge on any atom is -0.453 e. The van der Waals surface area contributed by atoms with E-state index >= 15 is 0 Å². The normalized spacial score (nSPS) is 21.8. The van der Waals surface area contributed by atoms with Crippen molar-refractivity contribution in [1.82, 2.24) is 19.4 Å². The van der Waals surface area contributed by atoms with E-state index in [0.29, 0.717) is 30.6 Å². The van der Waals surface area contributed by atoms with Gasteiger partial charge in [0.25, 0.3) is 5.56 Å². The molecule has 2 aromatic rings. The van der Waals surface area contributed by atoms with Gasteiger partial charge in [0.05, 0.1) is 18.8 Å². The standard InChI is InChI=1S/C18H21N5O3/c1-21-16(24)9-14(12-3-6-19-7-4-12)20-17(21)23-8-5-13-10-22(11-15(13)23)18(25)26-2/h3-4,6-7,9,13,15H,5,8,10-11H2,1-2H3/t13-,15+/m1/s1. The smallest absolute Gasteiger partial charge is 0.409 e. The van der Waals surface area contributed by atoms with Crippen molar-refractivity contribution in [1.29, 1.82) is 0 Å². The fourth-order valence-electron chi connectivity index (χ4n) is 3.94. The van der Waals surface area contributed by atoms with Gasteiger partial charge in [-0.25, -0.2) is 9.78 Å². The molecular formula is C18H21N5O3.